The molecule has 0 radical (unpaired) electrons. The maximum absolute atomic E-state index is 13.5. The van der Waals surface area contributed by atoms with Gasteiger partial charge in [0.2, 0.25) is 27.3 Å². The SMILES string of the molecule is CC1(C)C(=CC=CC=Cc2sc3cc(S(=O)(=O)N4CCCCC4)ccc3[n+]2CCCCS(=O)(=O)O)N(CCCCCC(=O)On2c(O)ccc2O)c2ccc(S(=O)(=O)O)cc21. The monoisotopic (exact) mass is 919 g/mol. The van der Waals surface area contributed by atoms with Crippen molar-refractivity contribution in [3.05, 3.63) is 89.1 Å². The van der Waals surface area contributed by atoms with E-state index in [4.69, 9.17) is 4.84 Å². The van der Waals surface area contributed by atoms with E-state index < -0.39 is 53.4 Å². The third kappa shape index (κ3) is 10.9. The van der Waals surface area contributed by atoms with Gasteiger partial charge in [0.25, 0.3) is 25.2 Å². The summed E-state index contributed by atoms with van der Waals surface area (Å²) in [7, 11) is -12.3. The molecular formula is C41H51N4O12S4+. The molecule has 2 aromatic carbocycles. The maximum atomic E-state index is 13.5. The Kier molecular flexibility index (Phi) is 14.2. The number of fused-ring (bicyclic) bond motifs is 2. The van der Waals surface area contributed by atoms with Crippen LogP contribution in [-0.2, 0) is 47.0 Å². The molecular weight excluding hydrogens is 869 g/mol. The molecule has 0 spiro atoms. The Balaban J connectivity index is 1.22. The molecule has 0 bridgehead atoms. The fourth-order valence-corrected chi connectivity index (χ4v) is 11.5. The first-order valence-electron chi connectivity index (χ1n) is 19.9. The van der Waals surface area contributed by atoms with Crippen molar-refractivity contribution in [1.82, 2.24) is 9.04 Å². The summed E-state index contributed by atoms with van der Waals surface area (Å²) in [5.74, 6) is -1.82. The number of carbonyl (C=O) groups is 1. The van der Waals surface area contributed by atoms with Crippen LogP contribution in [-0.4, -0.2) is 85.0 Å². The first-order valence-corrected chi connectivity index (χ1v) is 25.3. The quantitative estimate of drug-likeness (QED) is 0.0392. The van der Waals surface area contributed by atoms with Crippen LogP contribution in [0, 0.1) is 0 Å². The van der Waals surface area contributed by atoms with Gasteiger partial charge < -0.3 is 20.0 Å². The Labute approximate surface area is 360 Å². The van der Waals surface area contributed by atoms with E-state index in [0.29, 0.717) is 62.2 Å². The van der Waals surface area contributed by atoms with E-state index in [1.807, 2.05) is 48.8 Å². The van der Waals surface area contributed by atoms with Gasteiger partial charge in [-0.15, -0.1) is 4.73 Å². The van der Waals surface area contributed by atoms with Crippen molar-refractivity contribution >= 4 is 69.5 Å². The summed E-state index contributed by atoms with van der Waals surface area (Å²) in [4.78, 5) is 19.5. The molecule has 330 valence electrons. The molecule has 2 aliphatic rings. The standard InChI is InChI=1S/C41H50N4O12S4/c1-41(2)32-28-31(61(54,55)56)18-19-33(32)43(25-11-4-8-16-40(48)57-45-37(46)21-22-38(45)47)36(41)14-6-3-7-15-39-44(26-12-13-27-59(49,50)51)34-20-17-30(29-35(34)58-39)60(52,53)42-23-9-5-10-24-42/h3,6-7,14-15,17-22,28-29H,4-5,8-13,16,23-27H2,1-2H3,(H3-,46,47,49,50,51,54,55,56)/p+1. The van der Waals surface area contributed by atoms with Crippen molar-refractivity contribution in [1.29, 1.82) is 0 Å². The van der Waals surface area contributed by atoms with E-state index in [1.54, 1.807) is 24.3 Å². The molecule has 0 saturated carbocycles. The fraction of sp³-hybridized carbons (Fsp3) is 0.415. The van der Waals surface area contributed by atoms with E-state index in [2.05, 4.69) is 4.90 Å². The summed E-state index contributed by atoms with van der Waals surface area (Å²) in [5.41, 5.74) is 2.44. The molecule has 0 amide bonds. The van der Waals surface area contributed by atoms with Gasteiger partial charge >= 0.3 is 5.97 Å². The van der Waals surface area contributed by atoms with Crippen LogP contribution in [0.5, 0.6) is 11.8 Å². The van der Waals surface area contributed by atoms with Crippen molar-refractivity contribution in [2.75, 3.05) is 30.3 Å². The lowest BCUT2D eigenvalue weighted by Crippen LogP contribution is -2.36. The number of nitrogens with zero attached hydrogens (tertiary/aromatic N) is 4. The van der Waals surface area contributed by atoms with Crippen molar-refractivity contribution in [2.45, 2.75) is 93.4 Å². The number of aromatic hydroxyl groups is 2. The van der Waals surface area contributed by atoms with Gasteiger partial charge in [0.15, 0.2) is 6.54 Å². The third-order valence-corrected chi connectivity index (χ3v) is 15.5. The van der Waals surface area contributed by atoms with Gasteiger partial charge in [0.1, 0.15) is 4.70 Å². The van der Waals surface area contributed by atoms with Gasteiger partial charge in [-0.05, 0) is 74.1 Å². The van der Waals surface area contributed by atoms with Gasteiger partial charge in [-0.25, -0.2) is 13.2 Å². The molecule has 1 saturated heterocycles. The lowest BCUT2D eigenvalue weighted by atomic mass is 9.83. The Morgan fingerprint density at radius 3 is 2.23 bits per heavy atom. The largest absolute Gasteiger partial charge is 0.492 e. The molecule has 2 aromatic heterocycles. The van der Waals surface area contributed by atoms with Crippen LogP contribution in [0.1, 0.15) is 82.2 Å². The van der Waals surface area contributed by atoms with Crippen molar-refractivity contribution < 1.29 is 58.8 Å². The summed E-state index contributed by atoms with van der Waals surface area (Å²) in [6, 6.07) is 12.0. The molecule has 16 nitrogen and oxygen atoms in total. The molecule has 6 rings (SSSR count). The topological polar surface area (TPSA) is 225 Å². The summed E-state index contributed by atoms with van der Waals surface area (Å²) in [6.07, 6.45) is 14.4. The zero-order valence-corrected chi connectivity index (χ0v) is 37.1. The number of aryl methyl sites for hydroxylation is 1. The molecule has 20 heteroatoms. The van der Waals surface area contributed by atoms with Crippen LogP contribution >= 0.6 is 11.3 Å². The number of sulfonamides is 1. The van der Waals surface area contributed by atoms with E-state index in [0.717, 1.165) is 45.9 Å². The number of carbonyl (C=O) groups excluding carboxylic acids is 1. The number of allylic oxidation sites excluding steroid dienone is 5. The highest BCUT2D eigenvalue weighted by atomic mass is 32.2. The summed E-state index contributed by atoms with van der Waals surface area (Å²) >= 11 is 1.41. The van der Waals surface area contributed by atoms with Crippen LogP contribution in [0.2, 0.25) is 0 Å². The lowest BCUT2D eigenvalue weighted by molar-refractivity contribution is -0.669. The second-order valence-corrected chi connectivity index (χ2v) is 21.5. The van der Waals surface area contributed by atoms with Gasteiger partial charge in [0, 0.05) is 73.6 Å². The second-order valence-electron chi connectivity index (χ2n) is 15.5. The predicted octanol–water partition coefficient (Wildman–Crippen LogP) is 5.96. The Morgan fingerprint density at radius 1 is 0.836 bits per heavy atom. The van der Waals surface area contributed by atoms with Crippen LogP contribution < -0.4 is 14.3 Å². The van der Waals surface area contributed by atoms with Crippen molar-refractivity contribution in [3.63, 3.8) is 0 Å². The Bertz CT molecular complexity index is 2670. The highest BCUT2D eigenvalue weighted by Crippen LogP contribution is 2.48. The van der Waals surface area contributed by atoms with Crippen LogP contribution in [0.4, 0.5) is 5.69 Å². The van der Waals surface area contributed by atoms with Crippen LogP contribution in [0.3, 0.4) is 0 Å². The number of rotatable bonds is 18. The first kappa shape index (κ1) is 45.9. The van der Waals surface area contributed by atoms with Gasteiger partial charge in [-0.3, -0.25) is 9.11 Å². The smallest absolute Gasteiger partial charge is 0.333 e. The molecule has 0 atom stereocenters. The van der Waals surface area contributed by atoms with E-state index in [-0.39, 0.29) is 28.4 Å². The van der Waals surface area contributed by atoms with E-state index >= 15 is 0 Å². The second kappa shape index (κ2) is 18.8. The molecule has 4 N–H and O–H groups in total. The normalized spacial score (nSPS) is 17.0. The van der Waals surface area contributed by atoms with Gasteiger partial charge in [0.05, 0.1) is 15.5 Å². The molecule has 1 fully saturated rings. The maximum Gasteiger partial charge on any atom is 0.333 e. The minimum absolute atomic E-state index is 0.0395. The summed E-state index contributed by atoms with van der Waals surface area (Å²) in [6.45, 7) is 5.82. The zero-order chi connectivity index (χ0) is 44.2. The number of thiazole rings is 1. The number of hydrogen-bond donors (Lipinski definition) is 4. The van der Waals surface area contributed by atoms with Gasteiger partial charge in [-0.2, -0.15) is 25.7 Å². The minimum atomic E-state index is -4.47. The summed E-state index contributed by atoms with van der Waals surface area (Å²) < 4.78 is 98.0. The molecule has 4 aromatic rings. The molecule has 2 aliphatic heterocycles. The number of piperidine rings is 1. The molecule has 61 heavy (non-hydrogen) atoms. The predicted molar refractivity (Wildman–Crippen MR) is 231 cm³/mol. The number of anilines is 1. The third-order valence-electron chi connectivity index (χ3n) is 10.8. The highest BCUT2D eigenvalue weighted by Gasteiger charge is 2.40. The average molecular weight is 920 g/mol. The van der Waals surface area contributed by atoms with Crippen molar-refractivity contribution in [3.8, 4) is 11.8 Å². The molecule has 4 heterocycles. The zero-order valence-electron chi connectivity index (χ0n) is 33.9. The van der Waals surface area contributed by atoms with Gasteiger partial charge in [-0.1, -0.05) is 56.3 Å². The molecule has 0 aliphatic carbocycles. The van der Waals surface area contributed by atoms with E-state index in [1.165, 1.54) is 39.9 Å². The van der Waals surface area contributed by atoms with Crippen LogP contribution in [0.15, 0.2) is 88.3 Å². The lowest BCUT2D eigenvalue weighted by Gasteiger charge is -2.27. The number of aromatic nitrogens is 2. The minimum Gasteiger partial charge on any atom is -0.492 e. The Morgan fingerprint density at radius 2 is 1.54 bits per heavy atom. The first-order chi connectivity index (χ1) is 28.8. The molecule has 0 unspecified atom stereocenters. The van der Waals surface area contributed by atoms with E-state index in [9.17, 15) is 49.4 Å². The highest BCUT2D eigenvalue weighted by molar-refractivity contribution is 7.89. The number of benzene rings is 2. The fourth-order valence-electron chi connectivity index (χ4n) is 7.67. The van der Waals surface area contributed by atoms with Crippen LogP contribution in [0.25, 0.3) is 16.3 Å². The average Bonchev–Trinajstić information content (AvgIpc) is 3.79. The summed E-state index contributed by atoms with van der Waals surface area (Å²) in [5, 5.41) is 20.3. The number of hydrogen-bond acceptors (Lipinski definition) is 12. The Hall–Kier alpha value is -4.57. The number of unbranched alkanes of at least 4 members (excludes halogenated alkanes) is 3. The van der Waals surface area contributed by atoms with Crippen molar-refractivity contribution in [2.24, 2.45) is 0 Å².